The Balaban J connectivity index is 0. The number of rotatable bonds is 0. The van der Waals surface area contributed by atoms with Crippen LogP contribution in [0.25, 0.3) is 0 Å². The molecule has 0 saturated carbocycles. The van der Waals surface area contributed by atoms with E-state index in [1.807, 2.05) is 0 Å². The maximum Gasteiger partial charge on any atom is 0 e. The molecule has 26 valence electrons. The first-order valence-corrected chi connectivity index (χ1v) is 0. The van der Waals surface area contributed by atoms with Crippen molar-refractivity contribution in [1.29, 1.82) is 0 Å². The van der Waals surface area contributed by atoms with Gasteiger partial charge in [-0.05, 0) is 0 Å². The van der Waals surface area contributed by atoms with Gasteiger partial charge in [0.2, 0.25) is 0 Å². The summed E-state index contributed by atoms with van der Waals surface area (Å²) >= 11 is 0. The van der Waals surface area contributed by atoms with Crippen LogP contribution < -0.4 is 0 Å². The molecular weight excluding hydrogens is 304 g/mol. The molecular formula is H6SSeTeZn. The van der Waals surface area contributed by atoms with E-state index in [9.17, 15) is 0 Å². The molecule has 0 saturated heterocycles. The summed E-state index contributed by atoms with van der Waals surface area (Å²) in [6, 6.07) is 0. The maximum atomic E-state index is 0. The van der Waals surface area contributed by atoms with E-state index in [0.29, 0.717) is 0 Å². The van der Waals surface area contributed by atoms with Gasteiger partial charge in [0.05, 0.1) is 0 Å². The second kappa shape index (κ2) is 18.6. The standard InChI is InChI=1S/H2S.H2Se.H2Te.Zn/h3*1H2;. The Morgan fingerprint density at radius 3 is 1.00 bits per heavy atom. The van der Waals surface area contributed by atoms with E-state index in [1.165, 1.54) is 0 Å². The molecule has 0 nitrogen and oxygen atoms in total. The summed E-state index contributed by atoms with van der Waals surface area (Å²) in [6.45, 7) is 0. The van der Waals surface area contributed by atoms with Gasteiger partial charge in [-0.2, -0.15) is 13.5 Å². The van der Waals surface area contributed by atoms with Crippen LogP contribution in [0.2, 0.25) is 0 Å². The summed E-state index contributed by atoms with van der Waals surface area (Å²) < 4.78 is 0. The van der Waals surface area contributed by atoms with E-state index in [2.05, 4.69) is 0 Å². The molecule has 0 aromatic carbocycles. The van der Waals surface area contributed by atoms with E-state index >= 15 is 0 Å². The van der Waals surface area contributed by atoms with Crippen molar-refractivity contribution >= 4 is 54.2 Å². The quantitative estimate of drug-likeness (QED) is 0.467. The normalized spacial score (nSPS) is 0. The SMILES string of the molecule is S.[SeH2].[TeH2].[Zn]. The van der Waals surface area contributed by atoms with Gasteiger partial charge in [-0.3, -0.25) is 0 Å². The van der Waals surface area contributed by atoms with Gasteiger partial charge in [-0.15, -0.1) is 0 Å². The zero-order valence-corrected chi connectivity index (χ0v) is 11.1. The minimum absolute atomic E-state index is 0. The van der Waals surface area contributed by atoms with Crippen LogP contribution in [0.5, 0.6) is 0 Å². The smallest absolute Gasteiger partial charge is 0 e. The Bertz CT molecular complexity index is 8.00. The average molecular weight is 310 g/mol. The van der Waals surface area contributed by atoms with E-state index in [4.69, 9.17) is 0 Å². The zero-order chi connectivity index (χ0) is 0. The molecule has 0 aliphatic carbocycles. The zero-order valence-electron chi connectivity index (χ0n) is 2.21. The van der Waals surface area contributed by atoms with Crippen LogP contribution in [0.3, 0.4) is 0 Å². The predicted octanol–water partition coefficient (Wildman–Crippen LogP) is -1.72. The Kier molecular flexibility index (Phi) is 156. The van der Waals surface area contributed by atoms with Gasteiger partial charge in [0.1, 0.15) is 0 Å². The van der Waals surface area contributed by atoms with Crippen LogP contribution in [0.1, 0.15) is 0 Å². The van der Waals surface area contributed by atoms with Gasteiger partial charge in [-0.1, -0.05) is 0 Å². The fraction of sp³-hybridized carbons (Fsp3) is 0. The molecule has 0 aromatic rings. The molecule has 4 heavy (non-hydrogen) atoms. The van der Waals surface area contributed by atoms with E-state index in [1.54, 1.807) is 0 Å². The molecule has 0 unspecified atom stereocenters. The summed E-state index contributed by atoms with van der Waals surface area (Å²) in [4.78, 5) is 0. The first-order chi connectivity index (χ1) is 0. The topological polar surface area (TPSA) is 0 Å². The largest absolute Gasteiger partial charge is 0 e. The first-order valence-electron chi connectivity index (χ1n) is 0. The molecule has 0 bridgehead atoms. The summed E-state index contributed by atoms with van der Waals surface area (Å²) in [6.07, 6.45) is 0. The second-order valence-electron chi connectivity index (χ2n) is 0. The summed E-state index contributed by atoms with van der Waals surface area (Å²) in [7, 11) is 0. The van der Waals surface area contributed by atoms with Crippen LogP contribution in [-0.2, 0) is 19.5 Å². The van der Waals surface area contributed by atoms with Gasteiger partial charge >= 0.3 is 40.7 Å². The monoisotopic (exact) mass is 312 g/mol. The van der Waals surface area contributed by atoms with Gasteiger partial charge < -0.3 is 0 Å². The molecule has 0 amide bonds. The summed E-state index contributed by atoms with van der Waals surface area (Å²) in [5, 5.41) is 0. The van der Waals surface area contributed by atoms with E-state index < -0.39 is 0 Å². The fourth-order valence-electron chi connectivity index (χ4n) is 0. The van der Waals surface area contributed by atoms with Crippen LogP contribution >= 0.6 is 13.5 Å². The van der Waals surface area contributed by atoms with Crippen molar-refractivity contribution in [3.63, 3.8) is 0 Å². The average Bonchev–Trinajstić information content (AvgIpc) is 0. The third-order valence-electron chi connectivity index (χ3n) is 0. The molecule has 0 fully saturated rings. The molecule has 0 aliphatic rings. The number of hydrogen-bond donors (Lipinski definition) is 0. The van der Waals surface area contributed by atoms with Crippen molar-refractivity contribution in [2.24, 2.45) is 0 Å². The minimum atomic E-state index is 0. The van der Waals surface area contributed by atoms with Crippen molar-refractivity contribution in [2.75, 3.05) is 0 Å². The van der Waals surface area contributed by atoms with Gasteiger partial charge in [-0.25, -0.2) is 0 Å². The Labute approximate surface area is 72.9 Å². The van der Waals surface area contributed by atoms with Crippen molar-refractivity contribution in [3.8, 4) is 0 Å². The molecule has 0 rings (SSSR count). The third kappa shape index (κ3) is 8.86. The molecule has 0 N–H and O–H groups in total. The van der Waals surface area contributed by atoms with Crippen molar-refractivity contribution in [1.82, 2.24) is 0 Å². The molecule has 0 aromatic heterocycles. The van der Waals surface area contributed by atoms with Gasteiger partial charge in [0.15, 0.2) is 0 Å². The molecule has 0 spiro atoms. The molecule has 0 radical (unpaired) electrons. The Morgan fingerprint density at radius 2 is 1.00 bits per heavy atom. The number of hydrogen-bond acceptors (Lipinski definition) is 0. The molecule has 0 aliphatic heterocycles. The summed E-state index contributed by atoms with van der Waals surface area (Å²) in [5.41, 5.74) is 0. The van der Waals surface area contributed by atoms with Gasteiger partial charge in [0.25, 0.3) is 0 Å². The maximum absolute atomic E-state index is 0. The van der Waals surface area contributed by atoms with Crippen LogP contribution in [-0.4, -0.2) is 40.7 Å². The minimum Gasteiger partial charge on any atom is 0 e. The van der Waals surface area contributed by atoms with Crippen molar-refractivity contribution < 1.29 is 19.5 Å². The van der Waals surface area contributed by atoms with Crippen molar-refractivity contribution in [2.45, 2.75) is 0 Å². The third-order valence-corrected chi connectivity index (χ3v) is 0. The van der Waals surface area contributed by atoms with E-state index in [0.717, 1.165) is 0 Å². The van der Waals surface area contributed by atoms with Crippen LogP contribution in [0.4, 0.5) is 0 Å². The van der Waals surface area contributed by atoms with Crippen molar-refractivity contribution in [3.05, 3.63) is 0 Å². The molecule has 0 atom stereocenters. The Morgan fingerprint density at radius 1 is 1.00 bits per heavy atom. The fourth-order valence-corrected chi connectivity index (χ4v) is 0. The van der Waals surface area contributed by atoms with Gasteiger partial charge in [0, 0.05) is 19.5 Å². The first kappa shape index (κ1) is 33.7. The molecule has 4 heteroatoms. The second-order valence-corrected chi connectivity index (χ2v) is 0. The molecule has 0 heterocycles. The predicted molar refractivity (Wildman–Crippen MR) is 27.5 cm³/mol. The Hall–Kier alpha value is 2.28. The van der Waals surface area contributed by atoms with Crippen LogP contribution in [0, 0.1) is 0 Å². The van der Waals surface area contributed by atoms with E-state index in [-0.39, 0.29) is 73.7 Å². The van der Waals surface area contributed by atoms with Crippen LogP contribution in [0.15, 0.2) is 0 Å². The summed E-state index contributed by atoms with van der Waals surface area (Å²) in [5.74, 6) is 0.